The molecule has 1 aliphatic heterocycles. The summed E-state index contributed by atoms with van der Waals surface area (Å²) in [6.07, 6.45) is 5.86. The van der Waals surface area contributed by atoms with E-state index in [1.54, 1.807) is 18.2 Å². The lowest BCUT2D eigenvalue weighted by molar-refractivity contribution is -0.127. The third kappa shape index (κ3) is 4.92. The Labute approximate surface area is 174 Å². The lowest BCUT2D eigenvalue weighted by Gasteiger charge is -2.17. The first kappa shape index (κ1) is 19.8. The third-order valence-corrected chi connectivity index (χ3v) is 6.00. The molecule has 0 aliphatic carbocycles. The minimum atomic E-state index is 0.0410. The Kier molecular flexibility index (Phi) is 6.36. The number of carbonyl (C=O) groups excluding carboxylic acids is 1. The summed E-state index contributed by atoms with van der Waals surface area (Å²) in [6, 6.07) is 13.9. The molecule has 152 valence electrons. The fourth-order valence-electron chi connectivity index (χ4n) is 3.44. The minimum Gasteiger partial charge on any atom is -0.467 e. The van der Waals surface area contributed by atoms with Crippen LogP contribution in [0.25, 0.3) is 11.3 Å². The van der Waals surface area contributed by atoms with Gasteiger partial charge in [-0.1, -0.05) is 42.1 Å². The summed E-state index contributed by atoms with van der Waals surface area (Å²) in [6.45, 7) is 2.04. The maximum absolute atomic E-state index is 12.6. The second-order valence-corrected chi connectivity index (χ2v) is 8.10. The lowest BCUT2D eigenvalue weighted by Crippen LogP contribution is -2.27. The molecular formula is C22H25N3O3S. The lowest BCUT2D eigenvalue weighted by atomic mass is 10.1. The van der Waals surface area contributed by atoms with Gasteiger partial charge in [-0.05, 0) is 30.5 Å². The highest BCUT2D eigenvalue weighted by atomic mass is 32.2. The molecule has 0 N–H and O–H groups in total. The number of furan rings is 1. The molecule has 0 saturated carbocycles. The van der Waals surface area contributed by atoms with E-state index in [0.29, 0.717) is 12.3 Å². The Morgan fingerprint density at radius 3 is 2.86 bits per heavy atom. The van der Waals surface area contributed by atoms with E-state index >= 15 is 0 Å². The summed E-state index contributed by atoms with van der Waals surface area (Å²) in [5.41, 5.74) is 2.17. The van der Waals surface area contributed by atoms with Crippen LogP contribution in [-0.2, 0) is 22.6 Å². The Hall–Kier alpha value is -2.51. The van der Waals surface area contributed by atoms with Crippen LogP contribution in [0.15, 0.2) is 64.5 Å². The van der Waals surface area contributed by atoms with Gasteiger partial charge in [0.1, 0.15) is 5.76 Å². The fourth-order valence-corrected chi connectivity index (χ4v) is 4.37. The maximum Gasteiger partial charge on any atom is 0.233 e. The first-order chi connectivity index (χ1) is 14.2. The summed E-state index contributed by atoms with van der Waals surface area (Å²) >= 11 is 1.47. The van der Waals surface area contributed by atoms with Crippen molar-refractivity contribution in [3.05, 3.63) is 60.7 Å². The third-order valence-electron chi connectivity index (χ3n) is 5.02. The number of rotatable bonds is 8. The topological polar surface area (TPSA) is 60.5 Å². The molecule has 0 bridgehead atoms. The minimum absolute atomic E-state index is 0.0410. The highest BCUT2D eigenvalue weighted by Gasteiger charge is 2.21. The van der Waals surface area contributed by atoms with Crippen molar-refractivity contribution < 1.29 is 13.9 Å². The molecule has 7 heteroatoms. The average molecular weight is 412 g/mol. The van der Waals surface area contributed by atoms with Gasteiger partial charge in [0, 0.05) is 13.7 Å². The smallest absolute Gasteiger partial charge is 0.233 e. The fraction of sp³-hybridized carbons (Fsp3) is 0.364. The van der Waals surface area contributed by atoms with Crippen molar-refractivity contribution in [2.45, 2.75) is 37.2 Å². The predicted molar refractivity (Wildman–Crippen MR) is 113 cm³/mol. The molecule has 1 amide bonds. The van der Waals surface area contributed by atoms with E-state index < -0.39 is 0 Å². The number of aromatic nitrogens is 2. The molecule has 1 aliphatic rings. The van der Waals surface area contributed by atoms with Gasteiger partial charge in [0.05, 0.1) is 43.1 Å². The van der Waals surface area contributed by atoms with E-state index in [1.807, 2.05) is 36.5 Å². The number of amides is 1. The molecular weight excluding hydrogens is 386 g/mol. The van der Waals surface area contributed by atoms with Gasteiger partial charge in [0.25, 0.3) is 0 Å². The SMILES string of the molecule is CN(Cc1ccco1)C(=O)CSc1ncc(-c2ccccc2)n1CC1CCCO1. The van der Waals surface area contributed by atoms with E-state index in [9.17, 15) is 4.79 Å². The second-order valence-electron chi connectivity index (χ2n) is 7.16. The largest absolute Gasteiger partial charge is 0.467 e. The number of nitrogens with zero attached hydrogens (tertiary/aromatic N) is 3. The van der Waals surface area contributed by atoms with Crippen molar-refractivity contribution in [1.82, 2.24) is 14.5 Å². The molecule has 1 fully saturated rings. The Morgan fingerprint density at radius 2 is 2.14 bits per heavy atom. The van der Waals surface area contributed by atoms with Crippen LogP contribution in [-0.4, -0.2) is 45.9 Å². The van der Waals surface area contributed by atoms with E-state index in [0.717, 1.165) is 48.2 Å². The van der Waals surface area contributed by atoms with Gasteiger partial charge in [-0.15, -0.1) is 0 Å². The number of hydrogen-bond acceptors (Lipinski definition) is 5. The number of hydrogen-bond donors (Lipinski definition) is 0. The molecule has 3 aromatic rings. The summed E-state index contributed by atoms with van der Waals surface area (Å²) < 4.78 is 13.4. The molecule has 0 spiro atoms. The summed E-state index contributed by atoms with van der Waals surface area (Å²) in [7, 11) is 1.79. The van der Waals surface area contributed by atoms with E-state index in [1.165, 1.54) is 11.8 Å². The van der Waals surface area contributed by atoms with Gasteiger partial charge in [-0.3, -0.25) is 4.79 Å². The van der Waals surface area contributed by atoms with Crippen LogP contribution in [0.1, 0.15) is 18.6 Å². The van der Waals surface area contributed by atoms with Crippen LogP contribution in [0, 0.1) is 0 Å². The highest BCUT2D eigenvalue weighted by molar-refractivity contribution is 7.99. The van der Waals surface area contributed by atoms with Crippen LogP contribution in [0.3, 0.4) is 0 Å². The molecule has 3 heterocycles. The van der Waals surface area contributed by atoms with Crippen LogP contribution >= 0.6 is 11.8 Å². The molecule has 6 nitrogen and oxygen atoms in total. The molecule has 1 aromatic carbocycles. The average Bonchev–Trinajstić information content (AvgIpc) is 3.50. The zero-order valence-electron chi connectivity index (χ0n) is 16.5. The highest BCUT2D eigenvalue weighted by Crippen LogP contribution is 2.28. The van der Waals surface area contributed by atoms with Crippen LogP contribution in [0.2, 0.25) is 0 Å². The van der Waals surface area contributed by atoms with Crippen molar-refractivity contribution in [3.63, 3.8) is 0 Å². The number of imidazole rings is 1. The first-order valence-corrected chi connectivity index (χ1v) is 10.8. The number of benzene rings is 1. The Balaban J connectivity index is 1.47. The van der Waals surface area contributed by atoms with Gasteiger partial charge in [-0.2, -0.15) is 0 Å². The first-order valence-electron chi connectivity index (χ1n) is 9.82. The normalized spacial score (nSPS) is 16.2. The molecule has 1 atom stereocenters. The zero-order chi connectivity index (χ0) is 20.1. The molecule has 29 heavy (non-hydrogen) atoms. The van der Waals surface area contributed by atoms with Crippen molar-refractivity contribution in [2.24, 2.45) is 0 Å². The quantitative estimate of drug-likeness (QED) is 0.523. The van der Waals surface area contributed by atoms with Crippen molar-refractivity contribution in [2.75, 3.05) is 19.4 Å². The van der Waals surface area contributed by atoms with Crippen LogP contribution < -0.4 is 0 Å². The van der Waals surface area contributed by atoms with E-state index in [4.69, 9.17) is 9.15 Å². The monoisotopic (exact) mass is 411 g/mol. The number of ether oxygens (including phenoxy) is 1. The summed E-state index contributed by atoms with van der Waals surface area (Å²) in [5.74, 6) is 1.14. The van der Waals surface area contributed by atoms with Crippen molar-refractivity contribution in [1.29, 1.82) is 0 Å². The van der Waals surface area contributed by atoms with Gasteiger partial charge in [0.2, 0.25) is 5.91 Å². The second kappa shape index (κ2) is 9.33. The van der Waals surface area contributed by atoms with Gasteiger partial charge in [0.15, 0.2) is 5.16 Å². The predicted octanol–water partition coefficient (Wildman–Crippen LogP) is 4.07. The van der Waals surface area contributed by atoms with Crippen molar-refractivity contribution >= 4 is 17.7 Å². The molecule has 1 saturated heterocycles. The van der Waals surface area contributed by atoms with Gasteiger partial charge in [-0.25, -0.2) is 4.98 Å². The van der Waals surface area contributed by atoms with Gasteiger partial charge < -0.3 is 18.6 Å². The molecule has 2 aromatic heterocycles. The maximum atomic E-state index is 12.6. The Morgan fingerprint density at radius 1 is 1.28 bits per heavy atom. The number of carbonyl (C=O) groups is 1. The number of thioether (sulfide) groups is 1. The standard InChI is InChI=1S/C22H25N3O3S/c1-24(14-18-9-5-11-27-18)21(26)16-29-22-23-13-20(17-7-3-2-4-8-17)25(22)15-19-10-6-12-28-19/h2-5,7-9,11,13,19H,6,10,12,14-16H2,1H3. The van der Waals surface area contributed by atoms with Crippen LogP contribution in [0.4, 0.5) is 0 Å². The zero-order valence-corrected chi connectivity index (χ0v) is 17.3. The van der Waals surface area contributed by atoms with E-state index in [2.05, 4.69) is 21.7 Å². The Bertz CT molecular complexity index is 918. The van der Waals surface area contributed by atoms with Gasteiger partial charge >= 0.3 is 0 Å². The van der Waals surface area contributed by atoms with E-state index in [-0.39, 0.29) is 12.0 Å². The molecule has 4 rings (SSSR count). The van der Waals surface area contributed by atoms with Crippen LogP contribution in [0.5, 0.6) is 0 Å². The van der Waals surface area contributed by atoms with Crippen molar-refractivity contribution in [3.8, 4) is 11.3 Å². The molecule has 1 unspecified atom stereocenters. The summed E-state index contributed by atoms with van der Waals surface area (Å²) in [5, 5.41) is 0.846. The summed E-state index contributed by atoms with van der Waals surface area (Å²) in [4.78, 5) is 18.9. The molecule has 0 radical (unpaired) electrons.